The summed E-state index contributed by atoms with van der Waals surface area (Å²) in [5, 5.41) is 7.66. The minimum absolute atomic E-state index is 0.418. The third-order valence-corrected chi connectivity index (χ3v) is 3.34. The van der Waals surface area contributed by atoms with E-state index in [0.717, 1.165) is 19.6 Å². The van der Waals surface area contributed by atoms with E-state index in [0.29, 0.717) is 22.5 Å². The molecule has 0 spiro atoms. The minimum atomic E-state index is 0.418. The molecular weight excluding hydrogens is 240 g/mol. The van der Waals surface area contributed by atoms with Crippen LogP contribution < -0.4 is 5.73 Å². The predicted octanol–water partition coefficient (Wildman–Crippen LogP) is 0.772. The number of hydrogen-bond donors (Lipinski definition) is 2. The number of aromatic nitrogens is 4. The molecule has 1 aliphatic heterocycles. The Labute approximate surface area is 111 Å². The first kappa shape index (κ1) is 11.9. The lowest BCUT2D eigenvalue weighted by molar-refractivity contribution is 0.255. The lowest BCUT2D eigenvalue weighted by Gasteiger charge is -2.23. The fraction of sp³-hybridized carbons (Fsp3) is 0.462. The lowest BCUT2D eigenvalue weighted by atomic mass is 10.1. The summed E-state index contributed by atoms with van der Waals surface area (Å²) in [5.74, 6) is 6.67. The molecule has 6 nitrogen and oxygen atoms in total. The number of hydrogen-bond acceptors (Lipinski definition) is 5. The third-order valence-electron chi connectivity index (χ3n) is 3.34. The molecule has 6 heteroatoms. The molecule has 3 rings (SSSR count). The van der Waals surface area contributed by atoms with E-state index in [1.54, 1.807) is 0 Å². The SMILES string of the molecule is Nc1ncnc2n[nH]c(C#CCN3CCCCC3)c12. The van der Waals surface area contributed by atoms with E-state index in [1.807, 2.05) is 0 Å². The van der Waals surface area contributed by atoms with Crippen LogP contribution in [0.2, 0.25) is 0 Å². The zero-order valence-electron chi connectivity index (χ0n) is 10.7. The van der Waals surface area contributed by atoms with Crippen molar-refractivity contribution >= 4 is 16.9 Å². The summed E-state index contributed by atoms with van der Waals surface area (Å²) in [6.07, 6.45) is 5.29. The molecule has 2 aromatic heterocycles. The van der Waals surface area contributed by atoms with E-state index in [2.05, 4.69) is 36.9 Å². The Morgan fingerprint density at radius 1 is 1.26 bits per heavy atom. The van der Waals surface area contributed by atoms with Crippen LogP contribution >= 0.6 is 0 Å². The van der Waals surface area contributed by atoms with Crippen molar-refractivity contribution in [2.24, 2.45) is 0 Å². The van der Waals surface area contributed by atoms with E-state index < -0.39 is 0 Å². The Kier molecular flexibility index (Phi) is 3.29. The largest absolute Gasteiger partial charge is 0.383 e. The van der Waals surface area contributed by atoms with E-state index >= 15 is 0 Å². The standard InChI is InChI=1S/C13H16N6/c14-12-11-10(17-18-13(11)16-9-15-12)5-4-8-19-6-2-1-3-7-19/h9H,1-3,6-8H2,(H3,14,15,16,17,18). The van der Waals surface area contributed by atoms with Gasteiger partial charge in [-0.25, -0.2) is 9.97 Å². The maximum absolute atomic E-state index is 5.83. The van der Waals surface area contributed by atoms with Gasteiger partial charge in [0.25, 0.3) is 0 Å². The normalized spacial score (nSPS) is 16.2. The van der Waals surface area contributed by atoms with Crippen molar-refractivity contribution in [2.45, 2.75) is 19.3 Å². The number of likely N-dealkylation sites (tertiary alicyclic amines) is 1. The number of fused-ring (bicyclic) bond motifs is 1. The highest BCUT2D eigenvalue weighted by molar-refractivity contribution is 5.89. The summed E-state index contributed by atoms with van der Waals surface area (Å²) < 4.78 is 0. The second-order valence-corrected chi connectivity index (χ2v) is 4.69. The molecule has 19 heavy (non-hydrogen) atoms. The second kappa shape index (κ2) is 5.24. The number of nitrogens with zero attached hydrogens (tertiary/aromatic N) is 4. The Morgan fingerprint density at radius 3 is 2.95 bits per heavy atom. The van der Waals surface area contributed by atoms with Crippen molar-refractivity contribution in [3.63, 3.8) is 0 Å². The topological polar surface area (TPSA) is 83.7 Å². The lowest BCUT2D eigenvalue weighted by Crippen LogP contribution is -2.29. The molecule has 3 heterocycles. The number of nitrogens with one attached hydrogen (secondary N) is 1. The van der Waals surface area contributed by atoms with Gasteiger partial charge in [-0.05, 0) is 31.9 Å². The van der Waals surface area contributed by atoms with Gasteiger partial charge in [0.05, 0.1) is 11.9 Å². The summed E-state index contributed by atoms with van der Waals surface area (Å²) in [5.41, 5.74) is 7.09. The molecule has 0 amide bonds. The third kappa shape index (κ3) is 2.51. The number of rotatable bonds is 1. The van der Waals surface area contributed by atoms with Crippen LogP contribution in [-0.4, -0.2) is 44.7 Å². The molecule has 1 aliphatic rings. The number of aromatic amines is 1. The monoisotopic (exact) mass is 256 g/mol. The van der Waals surface area contributed by atoms with Gasteiger partial charge >= 0.3 is 0 Å². The molecule has 0 radical (unpaired) electrons. The van der Waals surface area contributed by atoms with Crippen molar-refractivity contribution in [1.82, 2.24) is 25.1 Å². The highest BCUT2D eigenvalue weighted by Crippen LogP contribution is 2.17. The van der Waals surface area contributed by atoms with Crippen LogP contribution in [0.15, 0.2) is 6.33 Å². The van der Waals surface area contributed by atoms with E-state index in [1.165, 1.54) is 25.6 Å². The average Bonchev–Trinajstić information content (AvgIpc) is 2.85. The minimum Gasteiger partial charge on any atom is -0.383 e. The van der Waals surface area contributed by atoms with Crippen LogP contribution in [0.25, 0.3) is 11.0 Å². The van der Waals surface area contributed by atoms with Crippen LogP contribution in [0.3, 0.4) is 0 Å². The Morgan fingerprint density at radius 2 is 2.11 bits per heavy atom. The molecule has 0 aromatic carbocycles. The van der Waals surface area contributed by atoms with Gasteiger partial charge in [-0.3, -0.25) is 10.00 Å². The molecule has 1 fully saturated rings. The second-order valence-electron chi connectivity index (χ2n) is 4.69. The molecule has 0 bridgehead atoms. The van der Waals surface area contributed by atoms with Crippen molar-refractivity contribution in [3.8, 4) is 11.8 Å². The molecular formula is C13H16N6. The molecule has 1 saturated heterocycles. The number of piperidine rings is 1. The van der Waals surface area contributed by atoms with Gasteiger partial charge in [-0.2, -0.15) is 5.10 Å². The Bertz CT molecular complexity index is 629. The smallest absolute Gasteiger partial charge is 0.187 e. The van der Waals surface area contributed by atoms with Crippen molar-refractivity contribution in [3.05, 3.63) is 12.0 Å². The molecule has 0 atom stereocenters. The van der Waals surface area contributed by atoms with E-state index in [-0.39, 0.29) is 0 Å². The van der Waals surface area contributed by atoms with Crippen molar-refractivity contribution in [1.29, 1.82) is 0 Å². The first-order chi connectivity index (χ1) is 9.34. The molecule has 98 valence electrons. The van der Waals surface area contributed by atoms with Gasteiger partial charge in [0.2, 0.25) is 0 Å². The Hall–Kier alpha value is -2.13. The maximum atomic E-state index is 5.83. The first-order valence-corrected chi connectivity index (χ1v) is 6.50. The summed E-state index contributed by atoms with van der Waals surface area (Å²) in [6, 6.07) is 0. The van der Waals surface area contributed by atoms with Gasteiger partial charge in [0.15, 0.2) is 5.65 Å². The number of nitrogens with two attached hydrogens (primary N) is 1. The van der Waals surface area contributed by atoms with Gasteiger partial charge in [0, 0.05) is 0 Å². The van der Waals surface area contributed by atoms with Gasteiger partial charge in [-0.15, -0.1) is 0 Å². The molecule has 3 N–H and O–H groups in total. The number of H-pyrrole nitrogens is 1. The first-order valence-electron chi connectivity index (χ1n) is 6.50. The van der Waals surface area contributed by atoms with E-state index in [9.17, 15) is 0 Å². The van der Waals surface area contributed by atoms with Crippen LogP contribution in [0, 0.1) is 11.8 Å². The number of nitrogen functional groups attached to an aromatic ring is 1. The number of anilines is 1. The zero-order chi connectivity index (χ0) is 13.1. The molecule has 2 aromatic rings. The van der Waals surface area contributed by atoms with Crippen LogP contribution in [0.5, 0.6) is 0 Å². The fourth-order valence-electron chi connectivity index (χ4n) is 2.33. The summed E-state index contributed by atoms with van der Waals surface area (Å²) in [7, 11) is 0. The van der Waals surface area contributed by atoms with Crippen LogP contribution in [0.1, 0.15) is 25.0 Å². The van der Waals surface area contributed by atoms with Gasteiger partial charge in [0.1, 0.15) is 17.8 Å². The van der Waals surface area contributed by atoms with Gasteiger partial charge < -0.3 is 5.73 Å². The van der Waals surface area contributed by atoms with Crippen LogP contribution in [-0.2, 0) is 0 Å². The average molecular weight is 256 g/mol. The quantitative estimate of drug-likeness (QED) is 0.736. The maximum Gasteiger partial charge on any atom is 0.187 e. The van der Waals surface area contributed by atoms with Crippen LogP contribution in [0.4, 0.5) is 5.82 Å². The molecule has 0 unspecified atom stereocenters. The summed E-state index contributed by atoms with van der Waals surface area (Å²) in [4.78, 5) is 10.4. The predicted molar refractivity (Wildman–Crippen MR) is 73.3 cm³/mol. The highest BCUT2D eigenvalue weighted by atomic mass is 15.2. The highest BCUT2D eigenvalue weighted by Gasteiger charge is 2.09. The molecule has 0 aliphatic carbocycles. The van der Waals surface area contributed by atoms with Gasteiger partial charge in [-0.1, -0.05) is 12.3 Å². The summed E-state index contributed by atoms with van der Waals surface area (Å²) in [6.45, 7) is 3.07. The van der Waals surface area contributed by atoms with E-state index in [4.69, 9.17) is 5.73 Å². The van der Waals surface area contributed by atoms with Crippen molar-refractivity contribution < 1.29 is 0 Å². The zero-order valence-corrected chi connectivity index (χ0v) is 10.7. The fourth-order valence-corrected chi connectivity index (χ4v) is 2.33. The molecule has 0 saturated carbocycles. The Balaban J connectivity index is 1.78. The summed E-state index contributed by atoms with van der Waals surface area (Å²) >= 11 is 0. The van der Waals surface area contributed by atoms with Crippen molar-refractivity contribution in [2.75, 3.05) is 25.4 Å².